The van der Waals surface area contributed by atoms with Gasteiger partial charge in [0.2, 0.25) is 0 Å². The second-order valence-corrected chi connectivity index (χ2v) is 9.83. The maximum atomic E-state index is 13.3. The number of carbonyl (C=O) groups is 1. The van der Waals surface area contributed by atoms with Crippen molar-refractivity contribution in [3.8, 4) is 23.1 Å². The number of pyridine rings is 1. The minimum absolute atomic E-state index is 0.208. The van der Waals surface area contributed by atoms with Crippen LogP contribution in [0.2, 0.25) is 5.02 Å². The van der Waals surface area contributed by atoms with E-state index in [1.54, 1.807) is 56.3 Å². The van der Waals surface area contributed by atoms with Crippen LogP contribution >= 0.6 is 23.4 Å². The molecule has 2 aromatic carbocycles. The summed E-state index contributed by atoms with van der Waals surface area (Å²) >= 11 is 7.42. The maximum Gasteiger partial charge on any atom is 0.280 e. The number of nitriles is 1. The third-order valence-electron chi connectivity index (χ3n) is 5.81. The molecule has 0 spiro atoms. The van der Waals surface area contributed by atoms with Crippen molar-refractivity contribution in [1.82, 2.24) is 15.6 Å². The number of halogens is 3. The molecule has 4 rings (SSSR count). The van der Waals surface area contributed by atoms with Gasteiger partial charge in [0.15, 0.2) is 0 Å². The lowest BCUT2D eigenvalue weighted by molar-refractivity contribution is 0.0954. The van der Waals surface area contributed by atoms with E-state index in [1.165, 1.54) is 19.4 Å². The molecule has 0 fully saturated rings. The Hall–Kier alpha value is -4.27. The van der Waals surface area contributed by atoms with Gasteiger partial charge in [-0.3, -0.25) is 4.79 Å². The number of methoxy groups -OCH3 is 1. The van der Waals surface area contributed by atoms with E-state index in [4.69, 9.17) is 20.9 Å². The summed E-state index contributed by atoms with van der Waals surface area (Å²) in [5.41, 5.74) is 5.18. The Bertz CT molecular complexity index is 1630. The van der Waals surface area contributed by atoms with Crippen molar-refractivity contribution < 1.29 is 22.8 Å². The number of ether oxygens (including phenoxy) is 1. The third-order valence-corrected chi connectivity index (χ3v) is 7.16. The molecule has 4 aromatic rings. The molecule has 0 unspecified atom stereocenters. The fraction of sp³-hybridized carbons (Fsp3) is 0.179. The summed E-state index contributed by atoms with van der Waals surface area (Å²) in [4.78, 5) is 16.9. The summed E-state index contributed by atoms with van der Waals surface area (Å²) in [7, 11) is 1.51. The van der Waals surface area contributed by atoms with Gasteiger partial charge in [0, 0.05) is 16.9 Å². The lowest BCUT2D eigenvalue weighted by Crippen LogP contribution is -2.19. The molecule has 0 bridgehead atoms. The number of thioether (sulfide) groups is 1. The Morgan fingerprint density at radius 1 is 1.27 bits per heavy atom. The molecular formula is C28H22ClF2N5O3S. The lowest BCUT2D eigenvalue weighted by Gasteiger charge is -2.11. The van der Waals surface area contributed by atoms with Crippen LogP contribution in [-0.4, -0.2) is 29.4 Å². The Balaban J connectivity index is 1.52. The monoisotopic (exact) mass is 581 g/mol. The predicted octanol–water partition coefficient (Wildman–Crippen LogP) is 6.88. The first-order chi connectivity index (χ1) is 19.2. The summed E-state index contributed by atoms with van der Waals surface area (Å²) < 4.78 is 37.2. The molecule has 8 nitrogen and oxygen atoms in total. The molecule has 1 amide bonds. The number of rotatable bonds is 9. The highest BCUT2D eigenvalue weighted by Gasteiger charge is 2.23. The van der Waals surface area contributed by atoms with Crippen LogP contribution in [0.4, 0.5) is 8.78 Å². The zero-order chi connectivity index (χ0) is 28.8. The van der Waals surface area contributed by atoms with E-state index in [0.717, 1.165) is 11.8 Å². The average Bonchev–Trinajstić information content (AvgIpc) is 3.32. The van der Waals surface area contributed by atoms with Gasteiger partial charge in [-0.2, -0.15) is 10.4 Å². The number of nitrogens with one attached hydrogen (secondary N) is 1. The molecule has 0 saturated heterocycles. The molecule has 2 aromatic heterocycles. The molecule has 0 aliphatic rings. The Kier molecular flexibility index (Phi) is 9.14. The number of carbonyl (C=O) groups excluding carboxylic acids is 1. The smallest absolute Gasteiger partial charge is 0.280 e. The largest absolute Gasteiger partial charge is 0.496 e. The summed E-state index contributed by atoms with van der Waals surface area (Å²) in [6, 6.07) is 15.5. The van der Waals surface area contributed by atoms with Crippen molar-refractivity contribution in [2.45, 2.75) is 31.1 Å². The van der Waals surface area contributed by atoms with Gasteiger partial charge in [0.05, 0.1) is 23.9 Å². The van der Waals surface area contributed by atoms with Crippen LogP contribution in [0, 0.1) is 25.2 Å². The van der Waals surface area contributed by atoms with Gasteiger partial charge >= 0.3 is 0 Å². The number of nitrogens with zero attached hydrogens (tertiary/aromatic N) is 4. The van der Waals surface area contributed by atoms with Gasteiger partial charge in [-0.25, -0.2) is 19.2 Å². The highest BCUT2D eigenvalue weighted by molar-refractivity contribution is 7.98. The van der Waals surface area contributed by atoms with Crippen molar-refractivity contribution in [3.63, 3.8) is 0 Å². The van der Waals surface area contributed by atoms with E-state index >= 15 is 0 Å². The van der Waals surface area contributed by atoms with Gasteiger partial charge in [-0.15, -0.1) is 11.8 Å². The minimum Gasteiger partial charge on any atom is -0.496 e. The number of benzene rings is 2. The van der Waals surface area contributed by atoms with Crippen LogP contribution in [0.25, 0.3) is 11.3 Å². The molecular weight excluding hydrogens is 560 g/mol. The molecule has 40 heavy (non-hydrogen) atoms. The van der Waals surface area contributed by atoms with Gasteiger partial charge < -0.3 is 9.26 Å². The van der Waals surface area contributed by atoms with Gasteiger partial charge in [-0.1, -0.05) is 35.0 Å². The van der Waals surface area contributed by atoms with E-state index < -0.39 is 12.3 Å². The van der Waals surface area contributed by atoms with Crippen LogP contribution in [0.5, 0.6) is 5.75 Å². The Labute approximate surface area is 238 Å². The van der Waals surface area contributed by atoms with Crippen molar-refractivity contribution in [3.05, 3.63) is 92.8 Å². The van der Waals surface area contributed by atoms with Crippen LogP contribution < -0.4 is 10.2 Å². The normalized spacial score (nSPS) is 11.2. The van der Waals surface area contributed by atoms with Crippen LogP contribution in [0.1, 0.15) is 50.5 Å². The fourth-order valence-electron chi connectivity index (χ4n) is 3.86. The Morgan fingerprint density at radius 3 is 2.75 bits per heavy atom. The van der Waals surface area contributed by atoms with E-state index in [2.05, 4.69) is 20.7 Å². The maximum absolute atomic E-state index is 13.3. The first-order valence-corrected chi connectivity index (χ1v) is 13.1. The minimum atomic E-state index is -2.75. The SMILES string of the molecule is COc1ccc(/C=N/NC(=O)c2c(-c3ccccc3Cl)noc2C)cc1CSc1nc(C(F)F)cc(C)c1C#N. The van der Waals surface area contributed by atoms with Gasteiger partial charge in [0.1, 0.15) is 39.6 Å². The Morgan fingerprint density at radius 2 is 2.05 bits per heavy atom. The molecule has 2 heterocycles. The zero-order valence-corrected chi connectivity index (χ0v) is 23.1. The highest BCUT2D eigenvalue weighted by atomic mass is 35.5. The summed E-state index contributed by atoms with van der Waals surface area (Å²) in [5.74, 6) is 0.617. The number of aromatic nitrogens is 2. The number of hydrogen-bond donors (Lipinski definition) is 1. The molecule has 0 atom stereocenters. The summed E-state index contributed by atoms with van der Waals surface area (Å²) in [6.45, 7) is 3.21. The molecule has 1 N–H and O–H groups in total. The highest BCUT2D eigenvalue weighted by Crippen LogP contribution is 2.33. The second kappa shape index (κ2) is 12.7. The summed E-state index contributed by atoms with van der Waals surface area (Å²) in [6.07, 6.45) is -1.30. The van der Waals surface area contributed by atoms with Crippen molar-refractivity contribution in [2.24, 2.45) is 5.10 Å². The first kappa shape index (κ1) is 28.7. The fourth-order valence-corrected chi connectivity index (χ4v) is 5.12. The second-order valence-electron chi connectivity index (χ2n) is 8.46. The summed E-state index contributed by atoms with van der Waals surface area (Å²) in [5, 5.41) is 18.2. The van der Waals surface area contributed by atoms with E-state index in [-0.39, 0.29) is 27.6 Å². The first-order valence-electron chi connectivity index (χ1n) is 11.8. The quantitative estimate of drug-likeness (QED) is 0.130. The van der Waals surface area contributed by atoms with Crippen LogP contribution in [0.15, 0.2) is 63.2 Å². The van der Waals surface area contributed by atoms with Crippen molar-refractivity contribution in [1.29, 1.82) is 5.26 Å². The van der Waals surface area contributed by atoms with E-state index in [9.17, 15) is 18.8 Å². The lowest BCUT2D eigenvalue weighted by atomic mass is 10.1. The molecule has 0 radical (unpaired) electrons. The van der Waals surface area contributed by atoms with Crippen LogP contribution in [-0.2, 0) is 5.75 Å². The number of aryl methyl sites for hydroxylation is 2. The number of hydrogen-bond acceptors (Lipinski definition) is 8. The molecule has 0 saturated carbocycles. The van der Waals surface area contributed by atoms with Crippen molar-refractivity contribution >= 4 is 35.5 Å². The van der Waals surface area contributed by atoms with Crippen molar-refractivity contribution in [2.75, 3.05) is 7.11 Å². The number of alkyl halides is 2. The zero-order valence-electron chi connectivity index (χ0n) is 21.5. The standard InChI is InChI=1S/C28H22ClF2N5O3S/c1-15-10-22(26(30)31)34-28(20(15)12-32)40-14-18-11-17(8-9-23(18)38-3)13-33-35-27(37)24-16(2)39-36-25(24)19-6-4-5-7-21(19)29/h4-11,13,26H,14H2,1-3H3,(H,35,37)/b33-13+. The van der Waals surface area contributed by atoms with Gasteiger partial charge in [0.25, 0.3) is 12.3 Å². The average molecular weight is 582 g/mol. The molecule has 0 aliphatic heterocycles. The van der Waals surface area contributed by atoms with E-state index in [1.807, 2.05) is 6.07 Å². The topological polar surface area (TPSA) is 113 Å². The predicted molar refractivity (Wildman–Crippen MR) is 148 cm³/mol. The third kappa shape index (κ3) is 6.30. The van der Waals surface area contributed by atoms with E-state index in [0.29, 0.717) is 44.5 Å². The van der Waals surface area contributed by atoms with Gasteiger partial charge in [-0.05, 0) is 55.3 Å². The molecule has 204 valence electrons. The molecule has 0 aliphatic carbocycles. The number of amides is 1. The molecule has 12 heteroatoms. The number of hydrazone groups is 1. The van der Waals surface area contributed by atoms with Crippen LogP contribution in [0.3, 0.4) is 0 Å².